The summed E-state index contributed by atoms with van der Waals surface area (Å²) in [6, 6.07) is 18.8. The van der Waals surface area contributed by atoms with Crippen molar-refractivity contribution in [3.8, 4) is 11.4 Å². The van der Waals surface area contributed by atoms with Gasteiger partial charge < -0.3 is 9.88 Å². The Morgan fingerprint density at radius 1 is 1.03 bits per heavy atom. The average molecular weight is 424 g/mol. The molecule has 0 saturated heterocycles. The van der Waals surface area contributed by atoms with Gasteiger partial charge in [0.05, 0.1) is 16.1 Å². The third-order valence-corrected chi connectivity index (χ3v) is 5.55. The second kappa shape index (κ2) is 7.90. The Bertz CT molecular complexity index is 1230. The molecule has 0 aliphatic heterocycles. The van der Waals surface area contributed by atoms with Gasteiger partial charge in [0.25, 0.3) is 0 Å². The zero-order valence-electron chi connectivity index (χ0n) is 16.0. The fourth-order valence-corrected chi connectivity index (χ4v) is 3.82. The zero-order chi connectivity index (χ0) is 20.5. The molecule has 146 valence electrons. The molecule has 0 aliphatic carbocycles. The highest BCUT2D eigenvalue weighted by Gasteiger charge is 2.18. The molecule has 0 radical (unpaired) electrons. The first-order chi connectivity index (χ1) is 13.9. The van der Waals surface area contributed by atoms with E-state index >= 15 is 0 Å². The van der Waals surface area contributed by atoms with Crippen LogP contribution < -0.4 is 5.32 Å². The molecule has 29 heavy (non-hydrogen) atoms. The number of anilines is 1. The van der Waals surface area contributed by atoms with Gasteiger partial charge in [-0.2, -0.15) is 0 Å². The van der Waals surface area contributed by atoms with E-state index in [2.05, 4.69) is 5.32 Å². The van der Waals surface area contributed by atoms with Crippen LogP contribution in [0.5, 0.6) is 0 Å². The molecular formula is C23H19Cl2N3O. The van der Waals surface area contributed by atoms with Crippen LogP contribution in [-0.4, -0.2) is 15.5 Å². The highest BCUT2D eigenvalue weighted by molar-refractivity contribution is 6.36. The van der Waals surface area contributed by atoms with Crippen LogP contribution in [0.25, 0.3) is 22.4 Å². The van der Waals surface area contributed by atoms with Crippen LogP contribution in [0.4, 0.5) is 5.69 Å². The number of aromatic nitrogens is 2. The minimum absolute atomic E-state index is 0.113. The van der Waals surface area contributed by atoms with Crippen LogP contribution in [0.3, 0.4) is 0 Å². The van der Waals surface area contributed by atoms with E-state index in [-0.39, 0.29) is 12.5 Å². The number of carbonyl (C=O) groups is 1. The van der Waals surface area contributed by atoms with E-state index in [0.29, 0.717) is 15.9 Å². The van der Waals surface area contributed by atoms with Crippen molar-refractivity contribution < 1.29 is 4.79 Å². The molecule has 0 unspecified atom stereocenters. The quantitative estimate of drug-likeness (QED) is 0.420. The maximum absolute atomic E-state index is 12.9. The monoisotopic (exact) mass is 423 g/mol. The van der Waals surface area contributed by atoms with Crippen LogP contribution in [0, 0.1) is 13.8 Å². The van der Waals surface area contributed by atoms with E-state index in [0.717, 1.165) is 33.4 Å². The van der Waals surface area contributed by atoms with Crippen molar-refractivity contribution in [3.05, 3.63) is 81.8 Å². The van der Waals surface area contributed by atoms with Gasteiger partial charge >= 0.3 is 0 Å². The maximum atomic E-state index is 12.9. The van der Waals surface area contributed by atoms with Crippen molar-refractivity contribution in [2.24, 2.45) is 0 Å². The van der Waals surface area contributed by atoms with E-state index in [1.807, 2.05) is 66.9 Å². The number of nitrogens with zero attached hydrogens (tertiary/aromatic N) is 2. The fourth-order valence-electron chi connectivity index (χ4n) is 3.33. The van der Waals surface area contributed by atoms with Gasteiger partial charge in [0.15, 0.2) is 0 Å². The molecule has 1 aromatic heterocycles. The molecule has 0 bridgehead atoms. The molecule has 1 N–H and O–H groups in total. The molecule has 3 aromatic carbocycles. The summed E-state index contributed by atoms with van der Waals surface area (Å²) >= 11 is 12.5. The predicted molar refractivity (Wildman–Crippen MR) is 120 cm³/mol. The van der Waals surface area contributed by atoms with Crippen molar-refractivity contribution in [3.63, 3.8) is 0 Å². The number of nitrogens with one attached hydrogen (secondary N) is 1. The largest absolute Gasteiger partial charge is 0.324 e. The lowest BCUT2D eigenvalue weighted by atomic mass is 10.1. The van der Waals surface area contributed by atoms with Crippen molar-refractivity contribution in [2.45, 2.75) is 20.4 Å². The van der Waals surface area contributed by atoms with Crippen LogP contribution in [-0.2, 0) is 11.3 Å². The van der Waals surface area contributed by atoms with E-state index in [9.17, 15) is 4.79 Å². The van der Waals surface area contributed by atoms with Gasteiger partial charge in [0, 0.05) is 16.3 Å². The smallest absolute Gasteiger partial charge is 0.244 e. The molecule has 0 atom stereocenters. The number of aryl methyl sites for hydroxylation is 1. The number of para-hydroxylation sites is 2. The average Bonchev–Trinajstić information content (AvgIpc) is 3.04. The topological polar surface area (TPSA) is 46.9 Å². The van der Waals surface area contributed by atoms with E-state index < -0.39 is 0 Å². The number of hydrogen-bond donors (Lipinski definition) is 1. The number of halogens is 2. The Morgan fingerprint density at radius 2 is 1.83 bits per heavy atom. The third kappa shape index (κ3) is 3.86. The van der Waals surface area contributed by atoms with Crippen LogP contribution in [0.1, 0.15) is 11.1 Å². The van der Waals surface area contributed by atoms with Crippen molar-refractivity contribution in [1.82, 2.24) is 9.55 Å². The molecule has 1 amide bonds. The molecule has 1 heterocycles. The standard InChI is InChI=1S/C23H19Cl2N3O/c1-14-6-5-8-19(15(14)2)26-22(29)13-28-21-9-4-3-7-20(21)27-23(28)17-11-10-16(24)12-18(17)25/h3-12H,13H2,1-2H3,(H,26,29). The minimum atomic E-state index is -0.131. The Hall–Kier alpha value is -2.82. The number of amides is 1. The van der Waals surface area contributed by atoms with Crippen LogP contribution in [0.2, 0.25) is 10.0 Å². The highest BCUT2D eigenvalue weighted by Crippen LogP contribution is 2.32. The summed E-state index contributed by atoms with van der Waals surface area (Å²) in [6.45, 7) is 4.13. The van der Waals surface area contributed by atoms with Crippen molar-refractivity contribution in [1.29, 1.82) is 0 Å². The van der Waals surface area contributed by atoms with Crippen molar-refractivity contribution >= 4 is 45.8 Å². The number of benzene rings is 3. The highest BCUT2D eigenvalue weighted by atomic mass is 35.5. The first-order valence-electron chi connectivity index (χ1n) is 9.21. The second-order valence-electron chi connectivity index (χ2n) is 6.93. The fraction of sp³-hybridized carbons (Fsp3) is 0.130. The number of imidazole rings is 1. The predicted octanol–water partition coefficient (Wildman–Crippen LogP) is 6.27. The molecule has 0 aliphatic rings. The summed E-state index contributed by atoms with van der Waals surface area (Å²) in [7, 11) is 0. The van der Waals surface area contributed by atoms with Gasteiger partial charge in [-0.15, -0.1) is 0 Å². The van der Waals surface area contributed by atoms with Gasteiger partial charge in [-0.25, -0.2) is 4.98 Å². The minimum Gasteiger partial charge on any atom is -0.324 e. The van der Waals surface area contributed by atoms with Crippen LogP contribution in [0.15, 0.2) is 60.7 Å². The summed E-state index contributed by atoms with van der Waals surface area (Å²) < 4.78 is 1.88. The summed E-state index contributed by atoms with van der Waals surface area (Å²) in [4.78, 5) is 17.6. The number of fused-ring (bicyclic) bond motifs is 1. The molecule has 0 saturated carbocycles. The van der Waals surface area contributed by atoms with Crippen LogP contribution >= 0.6 is 23.2 Å². The third-order valence-electron chi connectivity index (χ3n) is 5.01. The second-order valence-corrected chi connectivity index (χ2v) is 7.77. The van der Waals surface area contributed by atoms with Gasteiger partial charge in [-0.05, 0) is 61.4 Å². The Morgan fingerprint density at radius 3 is 2.62 bits per heavy atom. The zero-order valence-corrected chi connectivity index (χ0v) is 17.6. The molecule has 0 spiro atoms. The SMILES string of the molecule is Cc1cccc(NC(=O)Cn2c(-c3ccc(Cl)cc3Cl)nc3ccccc32)c1C. The lowest BCUT2D eigenvalue weighted by molar-refractivity contribution is -0.116. The summed E-state index contributed by atoms with van der Waals surface area (Å²) in [5.41, 5.74) is 5.39. The lowest BCUT2D eigenvalue weighted by Gasteiger charge is -2.13. The normalized spacial score (nSPS) is 11.0. The molecule has 0 fully saturated rings. The first kappa shape index (κ1) is 19.5. The molecule has 6 heteroatoms. The molecule has 4 rings (SSSR count). The van der Waals surface area contributed by atoms with Gasteiger partial charge in [-0.1, -0.05) is 47.5 Å². The molecule has 4 nitrogen and oxygen atoms in total. The van der Waals surface area contributed by atoms with E-state index in [1.54, 1.807) is 12.1 Å². The van der Waals surface area contributed by atoms with Gasteiger partial charge in [0.2, 0.25) is 5.91 Å². The Balaban J connectivity index is 1.74. The van der Waals surface area contributed by atoms with Gasteiger partial charge in [0.1, 0.15) is 12.4 Å². The summed E-state index contributed by atoms with van der Waals surface area (Å²) in [5.74, 6) is 0.497. The molecule has 4 aromatic rings. The van der Waals surface area contributed by atoms with E-state index in [4.69, 9.17) is 28.2 Å². The number of carbonyl (C=O) groups excluding carboxylic acids is 1. The molecular weight excluding hydrogens is 405 g/mol. The lowest BCUT2D eigenvalue weighted by Crippen LogP contribution is -2.20. The Labute approximate surface area is 179 Å². The summed E-state index contributed by atoms with van der Waals surface area (Å²) in [5, 5.41) is 4.05. The number of hydrogen-bond acceptors (Lipinski definition) is 2. The first-order valence-corrected chi connectivity index (χ1v) is 9.96. The maximum Gasteiger partial charge on any atom is 0.244 e. The van der Waals surface area contributed by atoms with Gasteiger partial charge in [-0.3, -0.25) is 4.79 Å². The van der Waals surface area contributed by atoms with Crippen molar-refractivity contribution in [2.75, 3.05) is 5.32 Å². The Kier molecular flexibility index (Phi) is 5.31. The van der Waals surface area contributed by atoms with E-state index in [1.165, 1.54) is 0 Å². The summed E-state index contributed by atoms with van der Waals surface area (Å²) in [6.07, 6.45) is 0. The number of rotatable bonds is 4.